The molecular weight excluding hydrogens is 252 g/mol. The molecule has 0 radical (unpaired) electrons. The predicted molar refractivity (Wildman–Crippen MR) is 61.0 cm³/mol. The Hall–Kier alpha value is -1.01. The summed E-state index contributed by atoms with van der Waals surface area (Å²) in [6.45, 7) is 0. The Labute approximate surface area is 99.7 Å². The number of nitrogens with one attached hydrogen (secondary N) is 1. The first-order valence-electron chi connectivity index (χ1n) is 4.94. The molecule has 1 heterocycles. The predicted octanol–water partition coefficient (Wildman–Crippen LogP) is 0.791. The van der Waals surface area contributed by atoms with E-state index < -0.39 is 10.9 Å². The number of aromatic nitrogens is 1. The minimum absolute atomic E-state index is 0.161. The minimum Gasteiger partial charge on any atom is -0.618 e. The van der Waals surface area contributed by atoms with E-state index in [0.717, 1.165) is 24.8 Å². The van der Waals surface area contributed by atoms with Gasteiger partial charge in [-0.05, 0) is 19.3 Å². The second kappa shape index (κ2) is 4.47. The Morgan fingerprint density at radius 3 is 2.75 bits per heavy atom. The van der Waals surface area contributed by atoms with Gasteiger partial charge < -0.3 is 5.21 Å². The smallest absolute Gasteiger partial charge is 0.222 e. The number of nitrogens with zero attached hydrogens (tertiary/aromatic N) is 1. The number of pyridine rings is 1. The second-order valence-corrected chi connectivity index (χ2v) is 4.80. The molecule has 0 bridgehead atoms. The number of rotatable bonds is 2. The van der Waals surface area contributed by atoms with Crippen LogP contribution in [-0.2, 0) is 23.7 Å². The van der Waals surface area contributed by atoms with Crippen LogP contribution >= 0.6 is 11.6 Å². The van der Waals surface area contributed by atoms with Crippen LogP contribution in [0.25, 0.3) is 0 Å². The maximum Gasteiger partial charge on any atom is 0.222 e. The average molecular weight is 263 g/mol. The molecule has 16 heavy (non-hydrogen) atoms. The summed E-state index contributed by atoms with van der Waals surface area (Å²) in [6, 6.07) is 0. The van der Waals surface area contributed by atoms with Crippen LogP contribution in [0.15, 0.2) is 6.20 Å². The van der Waals surface area contributed by atoms with Crippen molar-refractivity contribution < 1.29 is 13.1 Å². The fraction of sp³-hybridized carbons (Fsp3) is 0.444. The highest BCUT2D eigenvalue weighted by Crippen LogP contribution is 2.31. The van der Waals surface area contributed by atoms with Crippen LogP contribution in [-0.4, -0.2) is 8.42 Å². The summed E-state index contributed by atoms with van der Waals surface area (Å²) < 4.78 is 24.0. The van der Waals surface area contributed by atoms with Crippen molar-refractivity contribution in [1.29, 1.82) is 0 Å². The standard InChI is InChI=1S/C9H11ClN2O3S/c10-9-6-3-1-2-4-8(6)12(13)5-7(9)11-16(14)15/h5,16H,1-4H2,(H,11,14,15). The molecular formula is C9H11ClN2O3S. The fourth-order valence-electron chi connectivity index (χ4n) is 1.96. The lowest BCUT2D eigenvalue weighted by Gasteiger charge is -2.17. The van der Waals surface area contributed by atoms with Crippen LogP contribution in [0.4, 0.5) is 5.69 Å². The van der Waals surface area contributed by atoms with Gasteiger partial charge in [-0.2, -0.15) is 4.73 Å². The number of halogens is 1. The lowest BCUT2D eigenvalue weighted by Crippen LogP contribution is -2.35. The number of fused-ring (bicyclic) bond motifs is 1. The highest BCUT2D eigenvalue weighted by atomic mass is 35.5. The Morgan fingerprint density at radius 1 is 1.38 bits per heavy atom. The molecule has 1 N–H and O–H groups in total. The van der Waals surface area contributed by atoms with Crippen LogP contribution < -0.4 is 9.45 Å². The van der Waals surface area contributed by atoms with Gasteiger partial charge in [-0.15, -0.1) is 0 Å². The van der Waals surface area contributed by atoms with Gasteiger partial charge in [0.2, 0.25) is 17.1 Å². The molecule has 1 aromatic rings. The normalized spacial score (nSPS) is 14.9. The molecule has 0 unspecified atom stereocenters. The van der Waals surface area contributed by atoms with Crippen LogP contribution in [0.1, 0.15) is 24.1 Å². The van der Waals surface area contributed by atoms with E-state index in [2.05, 4.69) is 4.72 Å². The summed E-state index contributed by atoms with van der Waals surface area (Å²) in [7, 11) is -2.81. The van der Waals surface area contributed by atoms with Crippen LogP contribution in [0.5, 0.6) is 0 Å². The van der Waals surface area contributed by atoms with Gasteiger partial charge in [-0.1, -0.05) is 11.6 Å². The summed E-state index contributed by atoms with van der Waals surface area (Å²) >= 11 is 6.06. The van der Waals surface area contributed by atoms with Crippen molar-refractivity contribution >= 4 is 28.2 Å². The molecule has 0 amide bonds. The first kappa shape index (κ1) is 11.5. The Bertz CT molecular complexity index is 494. The molecule has 2 rings (SSSR count). The van der Waals surface area contributed by atoms with Gasteiger partial charge in [0, 0.05) is 12.0 Å². The van der Waals surface area contributed by atoms with E-state index in [1.165, 1.54) is 6.20 Å². The quantitative estimate of drug-likeness (QED) is 0.470. The second-order valence-electron chi connectivity index (χ2n) is 3.68. The van der Waals surface area contributed by atoms with Gasteiger partial charge >= 0.3 is 0 Å². The summed E-state index contributed by atoms with van der Waals surface area (Å²) in [5.41, 5.74) is 1.58. The van der Waals surface area contributed by atoms with E-state index in [1.54, 1.807) is 0 Å². The van der Waals surface area contributed by atoms with E-state index in [0.29, 0.717) is 21.9 Å². The zero-order valence-electron chi connectivity index (χ0n) is 8.40. The van der Waals surface area contributed by atoms with E-state index >= 15 is 0 Å². The van der Waals surface area contributed by atoms with Crippen molar-refractivity contribution in [2.75, 3.05) is 4.72 Å². The third-order valence-electron chi connectivity index (χ3n) is 2.66. The zero-order chi connectivity index (χ0) is 11.7. The van der Waals surface area contributed by atoms with Crippen molar-refractivity contribution in [2.45, 2.75) is 25.7 Å². The van der Waals surface area contributed by atoms with Gasteiger partial charge in [0.15, 0.2) is 5.69 Å². The van der Waals surface area contributed by atoms with Crippen LogP contribution in [0.3, 0.4) is 0 Å². The first-order valence-corrected chi connectivity index (χ1v) is 6.49. The number of hydrogen-bond acceptors (Lipinski definition) is 3. The van der Waals surface area contributed by atoms with Gasteiger partial charge in [0.1, 0.15) is 5.69 Å². The summed E-state index contributed by atoms with van der Waals surface area (Å²) in [4.78, 5) is 0. The van der Waals surface area contributed by atoms with E-state index in [-0.39, 0.29) is 5.69 Å². The van der Waals surface area contributed by atoms with Gasteiger partial charge in [0.05, 0.1) is 5.02 Å². The van der Waals surface area contributed by atoms with Crippen molar-refractivity contribution in [2.24, 2.45) is 0 Å². The molecule has 5 nitrogen and oxygen atoms in total. The lowest BCUT2D eigenvalue weighted by molar-refractivity contribution is -0.614. The molecule has 0 saturated heterocycles. The topological polar surface area (TPSA) is 73.1 Å². The van der Waals surface area contributed by atoms with Crippen molar-refractivity contribution in [3.05, 3.63) is 27.7 Å². The molecule has 0 spiro atoms. The fourth-order valence-corrected chi connectivity index (χ4v) is 2.69. The third kappa shape index (κ3) is 2.08. The van der Waals surface area contributed by atoms with E-state index in [9.17, 15) is 13.6 Å². The summed E-state index contributed by atoms with van der Waals surface area (Å²) in [6.07, 6.45) is 4.54. The monoisotopic (exact) mass is 262 g/mol. The minimum atomic E-state index is -2.81. The molecule has 7 heteroatoms. The molecule has 0 atom stereocenters. The van der Waals surface area contributed by atoms with E-state index in [1.807, 2.05) is 0 Å². The summed E-state index contributed by atoms with van der Waals surface area (Å²) in [5, 5.41) is 12.0. The highest BCUT2D eigenvalue weighted by molar-refractivity contribution is 7.73. The number of thiol groups is 1. The van der Waals surface area contributed by atoms with Crippen molar-refractivity contribution in [3.63, 3.8) is 0 Å². The Kier molecular flexibility index (Phi) is 3.20. The maximum absolute atomic E-state index is 11.6. The third-order valence-corrected chi connectivity index (χ3v) is 3.52. The highest BCUT2D eigenvalue weighted by Gasteiger charge is 2.23. The number of hydrogen-bond donors (Lipinski definition) is 2. The largest absolute Gasteiger partial charge is 0.618 e. The molecule has 88 valence electrons. The molecule has 0 aliphatic heterocycles. The maximum atomic E-state index is 11.6. The SMILES string of the molecule is O=[SH](=O)Nc1c[n+]([O-])c2c(c1Cl)CCCC2. The van der Waals surface area contributed by atoms with Crippen LogP contribution in [0.2, 0.25) is 5.02 Å². The first-order chi connectivity index (χ1) is 7.59. The van der Waals surface area contributed by atoms with Gasteiger partial charge in [0.25, 0.3) is 0 Å². The lowest BCUT2D eigenvalue weighted by atomic mass is 9.96. The van der Waals surface area contributed by atoms with Gasteiger partial charge in [-0.25, -0.2) is 8.42 Å². The van der Waals surface area contributed by atoms with Crippen molar-refractivity contribution in [3.8, 4) is 0 Å². The Morgan fingerprint density at radius 2 is 2.06 bits per heavy atom. The van der Waals surface area contributed by atoms with E-state index in [4.69, 9.17) is 11.6 Å². The molecule has 1 aliphatic rings. The van der Waals surface area contributed by atoms with Crippen LogP contribution in [0, 0.1) is 5.21 Å². The zero-order valence-corrected chi connectivity index (χ0v) is 10.1. The summed E-state index contributed by atoms with van der Waals surface area (Å²) in [5.74, 6) is 0. The molecule has 0 aromatic carbocycles. The molecule has 1 aromatic heterocycles. The molecule has 0 saturated carbocycles. The number of anilines is 1. The van der Waals surface area contributed by atoms with Crippen molar-refractivity contribution in [1.82, 2.24) is 0 Å². The average Bonchev–Trinajstić information content (AvgIpc) is 2.25. The molecule has 1 aliphatic carbocycles. The Balaban J connectivity index is 2.53. The molecule has 0 fully saturated rings. The van der Waals surface area contributed by atoms with Gasteiger partial charge in [-0.3, -0.25) is 4.72 Å².